The Kier molecular flexibility index (Phi) is 2.88. The molecule has 0 aromatic rings. The molecule has 0 atom stereocenters. The van der Waals surface area contributed by atoms with E-state index in [-0.39, 0.29) is 18.2 Å². The molecule has 5 nitrogen and oxygen atoms in total. The maximum absolute atomic E-state index is 11.6. The maximum atomic E-state index is 11.6. The Balaban J connectivity index is 2.04. The van der Waals surface area contributed by atoms with E-state index in [1.165, 1.54) is 0 Å². The van der Waals surface area contributed by atoms with Crippen LogP contribution in [0.3, 0.4) is 0 Å². The fourth-order valence-electron chi connectivity index (χ4n) is 1.89. The molecule has 0 N–H and O–H groups in total. The van der Waals surface area contributed by atoms with Crippen molar-refractivity contribution in [2.24, 2.45) is 0 Å². The number of hydrogen-bond acceptors (Lipinski definition) is 4. The molecular weight excluding hydrogens is 186 g/mol. The first-order valence-corrected chi connectivity index (χ1v) is 4.93. The van der Waals surface area contributed by atoms with Crippen LogP contribution < -0.4 is 0 Å². The van der Waals surface area contributed by atoms with Gasteiger partial charge in [-0.3, -0.25) is 4.90 Å². The largest absolute Gasteiger partial charge is 0.450 e. The van der Waals surface area contributed by atoms with Gasteiger partial charge >= 0.3 is 6.09 Å². The minimum atomic E-state index is -0.242. The molecule has 0 aromatic carbocycles. The Morgan fingerprint density at radius 1 is 1.29 bits per heavy atom. The molecule has 0 aliphatic carbocycles. The van der Waals surface area contributed by atoms with Crippen molar-refractivity contribution >= 4 is 6.09 Å². The number of rotatable bonds is 1. The zero-order valence-electron chi connectivity index (χ0n) is 8.27. The van der Waals surface area contributed by atoms with Crippen molar-refractivity contribution in [3.8, 4) is 0 Å². The number of nitrogens with zero attached hydrogens (tertiary/aromatic N) is 1. The summed E-state index contributed by atoms with van der Waals surface area (Å²) in [6, 6.07) is 0.0584. The highest BCUT2D eigenvalue weighted by Crippen LogP contribution is 2.20. The van der Waals surface area contributed by atoms with Crippen molar-refractivity contribution in [3.05, 3.63) is 0 Å². The second-order valence-electron chi connectivity index (χ2n) is 3.49. The number of carbonyl (C=O) groups is 1. The molecule has 0 spiro atoms. The van der Waals surface area contributed by atoms with Crippen molar-refractivity contribution in [1.82, 2.24) is 4.90 Å². The lowest BCUT2D eigenvalue weighted by Gasteiger charge is -2.44. The summed E-state index contributed by atoms with van der Waals surface area (Å²) >= 11 is 0. The van der Waals surface area contributed by atoms with Crippen LogP contribution in [0.25, 0.3) is 0 Å². The number of hydrogen-bond donors (Lipinski definition) is 0. The molecule has 0 saturated carbocycles. The third-order valence-corrected chi connectivity index (χ3v) is 2.51. The Hall–Kier alpha value is -0.810. The maximum Gasteiger partial charge on any atom is 0.410 e. The molecule has 2 fully saturated rings. The van der Waals surface area contributed by atoms with Crippen LogP contribution >= 0.6 is 0 Å². The molecule has 2 aliphatic heterocycles. The van der Waals surface area contributed by atoms with E-state index in [1.54, 1.807) is 4.90 Å². The van der Waals surface area contributed by atoms with E-state index in [4.69, 9.17) is 14.2 Å². The van der Waals surface area contributed by atoms with Gasteiger partial charge in [0.25, 0.3) is 0 Å². The standard InChI is InChI=1S/C9H15NO4/c1-2-14-9(11)10-7-3-12-5-8(10)6-13-4-7/h7-8H,2-6H2,1H3. The first-order valence-electron chi connectivity index (χ1n) is 4.93. The molecule has 2 heterocycles. The van der Waals surface area contributed by atoms with Gasteiger partial charge in [-0.25, -0.2) is 4.79 Å². The van der Waals surface area contributed by atoms with Crippen molar-refractivity contribution in [3.63, 3.8) is 0 Å². The Morgan fingerprint density at radius 2 is 1.79 bits per heavy atom. The third kappa shape index (κ3) is 1.69. The lowest BCUT2D eigenvalue weighted by molar-refractivity contribution is -0.126. The van der Waals surface area contributed by atoms with E-state index >= 15 is 0 Å². The second kappa shape index (κ2) is 4.14. The van der Waals surface area contributed by atoms with Crippen molar-refractivity contribution in [1.29, 1.82) is 0 Å². The van der Waals surface area contributed by atoms with Crippen LogP contribution in [0, 0.1) is 0 Å². The van der Waals surface area contributed by atoms with E-state index in [0.29, 0.717) is 33.0 Å². The van der Waals surface area contributed by atoms with Crippen molar-refractivity contribution in [2.75, 3.05) is 33.0 Å². The summed E-state index contributed by atoms with van der Waals surface area (Å²) in [4.78, 5) is 13.4. The van der Waals surface area contributed by atoms with Crippen LogP contribution in [-0.4, -0.2) is 56.1 Å². The van der Waals surface area contributed by atoms with Gasteiger partial charge in [0.1, 0.15) is 0 Å². The van der Waals surface area contributed by atoms with Gasteiger partial charge in [0.2, 0.25) is 0 Å². The van der Waals surface area contributed by atoms with Gasteiger partial charge in [0.05, 0.1) is 45.1 Å². The van der Waals surface area contributed by atoms with Gasteiger partial charge in [0.15, 0.2) is 0 Å². The first-order chi connectivity index (χ1) is 6.83. The van der Waals surface area contributed by atoms with E-state index in [0.717, 1.165) is 0 Å². The molecule has 0 unspecified atom stereocenters. The predicted octanol–water partition coefficient (Wildman–Crippen LogP) is 0.242. The fourth-order valence-corrected chi connectivity index (χ4v) is 1.89. The molecule has 5 heteroatoms. The van der Waals surface area contributed by atoms with Crippen LogP contribution in [0.15, 0.2) is 0 Å². The third-order valence-electron chi connectivity index (χ3n) is 2.51. The molecule has 0 radical (unpaired) electrons. The average molecular weight is 201 g/mol. The van der Waals surface area contributed by atoms with E-state index in [9.17, 15) is 4.79 Å². The minimum Gasteiger partial charge on any atom is -0.450 e. The molecule has 1 amide bonds. The SMILES string of the molecule is CCOC(=O)N1C2COCC1COC2. The summed E-state index contributed by atoms with van der Waals surface area (Å²) in [6.45, 7) is 4.43. The summed E-state index contributed by atoms with van der Waals surface area (Å²) < 4.78 is 15.7. The summed E-state index contributed by atoms with van der Waals surface area (Å²) in [5, 5.41) is 0. The smallest absolute Gasteiger partial charge is 0.410 e. The predicted molar refractivity (Wildman–Crippen MR) is 48.1 cm³/mol. The van der Waals surface area contributed by atoms with Crippen LogP contribution in [0.2, 0.25) is 0 Å². The summed E-state index contributed by atoms with van der Waals surface area (Å²) in [5.41, 5.74) is 0. The van der Waals surface area contributed by atoms with Crippen LogP contribution in [0.4, 0.5) is 4.79 Å². The number of ether oxygens (including phenoxy) is 3. The van der Waals surface area contributed by atoms with Crippen molar-refractivity contribution < 1.29 is 19.0 Å². The molecule has 2 bridgehead atoms. The summed E-state index contributed by atoms with van der Waals surface area (Å²) in [6.07, 6.45) is -0.242. The van der Waals surface area contributed by atoms with Gasteiger partial charge in [0, 0.05) is 0 Å². The quantitative estimate of drug-likeness (QED) is 0.610. The van der Waals surface area contributed by atoms with E-state index in [1.807, 2.05) is 6.92 Å². The van der Waals surface area contributed by atoms with Crippen LogP contribution in [0.5, 0.6) is 0 Å². The molecular formula is C9H15NO4. The van der Waals surface area contributed by atoms with E-state index in [2.05, 4.69) is 0 Å². The second-order valence-corrected chi connectivity index (χ2v) is 3.49. The summed E-state index contributed by atoms with van der Waals surface area (Å²) in [7, 11) is 0. The number of fused-ring (bicyclic) bond motifs is 2. The van der Waals surface area contributed by atoms with Gasteiger partial charge < -0.3 is 14.2 Å². The minimum absolute atomic E-state index is 0.0292. The van der Waals surface area contributed by atoms with Crippen LogP contribution in [-0.2, 0) is 14.2 Å². The van der Waals surface area contributed by atoms with Gasteiger partial charge in [-0.15, -0.1) is 0 Å². The molecule has 14 heavy (non-hydrogen) atoms. The normalized spacial score (nSPS) is 31.4. The highest BCUT2D eigenvalue weighted by molar-refractivity contribution is 5.68. The zero-order valence-corrected chi connectivity index (χ0v) is 8.27. The topological polar surface area (TPSA) is 48.0 Å². The van der Waals surface area contributed by atoms with E-state index < -0.39 is 0 Å². The number of morpholine rings is 2. The zero-order chi connectivity index (χ0) is 9.97. The molecule has 2 rings (SSSR count). The lowest BCUT2D eigenvalue weighted by Crippen LogP contribution is -2.61. The van der Waals surface area contributed by atoms with Crippen molar-refractivity contribution in [2.45, 2.75) is 19.0 Å². The van der Waals surface area contributed by atoms with Gasteiger partial charge in [-0.2, -0.15) is 0 Å². The lowest BCUT2D eigenvalue weighted by atomic mass is 10.1. The Morgan fingerprint density at radius 3 is 2.21 bits per heavy atom. The van der Waals surface area contributed by atoms with Gasteiger partial charge in [-0.05, 0) is 6.92 Å². The molecule has 2 saturated heterocycles. The fraction of sp³-hybridized carbons (Fsp3) is 0.889. The van der Waals surface area contributed by atoms with Crippen LogP contribution in [0.1, 0.15) is 6.92 Å². The Bertz CT molecular complexity index is 199. The molecule has 0 aromatic heterocycles. The number of amides is 1. The van der Waals surface area contributed by atoms with Gasteiger partial charge in [-0.1, -0.05) is 0 Å². The number of carbonyl (C=O) groups excluding carboxylic acids is 1. The average Bonchev–Trinajstić information content (AvgIpc) is 2.17. The summed E-state index contributed by atoms with van der Waals surface area (Å²) in [5.74, 6) is 0. The first kappa shape index (κ1) is 9.73. The molecule has 80 valence electrons. The Labute approximate surface area is 82.9 Å². The monoisotopic (exact) mass is 201 g/mol. The highest BCUT2D eigenvalue weighted by atomic mass is 16.6. The highest BCUT2D eigenvalue weighted by Gasteiger charge is 2.39. The molecule has 2 aliphatic rings.